The highest BCUT2D eigenvalue weighted by Crippen LogP contribution is 2.38. The van der Waals surface area contributed by atoms with Gasteiger partial charge in [-0.05, 0) is 36.8 Å². The van der Waals surface area contributed by atoms with Crippen LogP contribution in [-0.2, 0) is 7.05 Å². The maximum atomic E-state index is 10.6. The normalized spacial score (nSPS) is 17.0. The molecule has 1 heterocycles. The first-order valence-corrected chi connectivity index (χ1v) is 7.42. The summed E-state index contributed by atoms with van der Waals surface area (Å²) in [5.74, 6) is 0.660. The number of benzene rings is 1. The molecular weight excluding hydrogens is 272 g/mol. The molecule has 0 amide bonds. The van der Waals surface area contributed by atoms with E-state index in [1.54, 1.807) is 11.7 Å². The lowest BCUT2D eigenvalue weighted by Gasteiger charge is -2.26. The number of rotatable bonds is 3. The Hall–Kier alpha value is -1.32. The monoisotopic (exact) mass is 290 g/mol. The van der Waals surface area contributed by atoms with E-state index in [4.69, 9.17) is 11.6 Å². The van der Waals surface area contributed by atoms with Crippen LogP contribution < -0.4 is 0 Å². The van der Waals surface area contributed by atoms with Crippen LogP contribution in [0, 0.1) is 6.92 Å². The molecule has 1 atom stereocenters. The highest BCUT2D eigenvalue weighted by molar-refractivity contribution is 6.30. The van der Waals surface area contributed by atoms with E-state index >= 15 is 0 Å². The summed E-state index contributed by atoms with van der Waals surface area (Å²) in [5.41, 5.74) is 3.71. The zero-order chi connectivity index (χ0) is 14.3. The predicted octanol–water partition coefficient (Wildman–Crippen LogP) is 3.73. The Morgan fingerprint density at radius 3 is 2.70 bits per heavy atom. The van der Waals surface area contributed by atoms with Crippen LogP contribution >= 0.6 is 11.6 Å². The van der Waals surface area contributed by atoms with Crippen molar-refractivity contribution in [2.45, 2.75) is 38.2 Å². The average Bonchev–Trinajstić information content (AvgIpc) is 2.61. The number of hydrogen-bond donors (Lipinski definition) is 1. The van der Waals surface area contributed by atoms with E-state index in [0.29, 0.717) is 16.6 Å². The van der Waals surface area contributed by atoms with Gasteiger partial charge in [-0.2, -0.15) is 5.10 Å². The van der Waals surface area contributed by atoms with Crippen molar-refractivity contribution in [1.29, 1.82) is 0 Å². The lowest BCUT2D eigenvalue weighted by atomic mass is 9.79. The van der Waals surface area contributed by atoms with E-state index in [0.717, 1.165) is 11.3 Å². The van der Waals surface area contributed by atoms with Gasteiger partial charge in [0.2, 0.25) is 0 Å². The molecule has 20 heavy (non-hydrogen) atoms. The van der Waals surface area contributed by atoms with Crippen molar-refractivity contribution >= 4 is 11.6 Å². The fourth-order valence-electron chi connectivity index (χ4n) is 2.85. The smallest absolute Gasteiger partial charge is 0.133 e. The maximum Gasteiger partial charge on any atom is 0.133 e. The highest BCUT2D eigenvalue weighted by Gasteiger charge is 2.23. The molecule has 0 spiro atoms. The van der Waals surface area contributed by atoms with Gasteiger partial charge in [-0.1, -0.05) is 42.3 Å². The number of aromatic nitrogens is 2. The molecule has 3 nitrogen and oxygen atoms in total. The van der Waals surface area contributed by atoms with E-state index in [9.17, 15) is 5.11 Å². The van der Waals surface area contributed by atoms with Crippen molar-refractivity contribution < 1.29 is 5.11 Å². The van der Waals surface area contributed by atoms with Crippen LogP contribution in [0.2, 0.25) is 5.15 Å². The quantitative estimate of drug-likeness (QED) is 0.935. The minimum absolute atomic E-state index is 0.504. The van der Waals surface area contributed by atoms with Crippen LogP contribution in [-0.4, -0.2) is 14.9 Å². The Bertz CT molecular complexity index is 631. The van der Waals surface area contributed by atoms with E-state index in [1.165, 1.54) is 24.8 Å². The van der Waals surface area contributed by atoms with E-state index in [-0.39, 0.29) is 0 Å². The molecule has 106 valence electrons. The molecular formula is C16H19ClN2O. The highest BCUT2D eigenvalue weighted by atomic mass is 35.5. The van der Waals surface area contributed by atoms with Gasteiger partial charge in [-0.3, -0.25) is 4.68 Å². The first-order valence-electron chi connectivity index (χ1n) is 7.05. The number of halogens is 1. The molecule has 1 aliphatic rings. The lowest BCUT2D eigenvalue weighted by Crippen LogP contribution is -2.10. The number of aliphatic hydroxyl groups is 1. The summed E-state index contributed by atoms with van der Waals surface area (Å²) in [6.45, 7) is 1.88. The fourth-order valence-corrected chi connectivity index (χ4v) is 3.13. The molecule has 0 bridgehead atoms. The summed E-state index contributed by atoms with van der Waals surface area (Å²) in [5, 5.41) is 15.4. The second kappa shape index (κ2) is 5.23. The van der Waals surface area contributed by atoms with E-state index in [2.05, 4.69) is 17.2 Å². The third-order valence-corrected chi connectivity index (χ3v) is 4.72. The van der Waals surface area contributed by atoms with Gasteiger partial charge in [0.25, 0.3) is 0 Å². The van der Waals surface area contributed by atoms with Gasteiger partial charge in [0.15, 0.2) is 0 Å². The number of aryl methyl sites for hydroxylation is 2. The Kier molecular flexibility index (Phi) is 3.57. The van der Waals surface area contributed by atoms with Crippen LogP contribution in [0.4, 0.5) is 0 Å². The topological polar surface area (TPSA) is 38.0 Å². The van der Waals surface area contributed by atoms with Gasteiger partial charge < -0.3 is 5.11 Å². The molecule has 2 aromatic rings. The van der Waals surface area contributed by atoms with Crippen molar-refractivity contribution in [1.82, 2.24) is 9.78 Å². The van der Waals surface area contributed by atoms with Crippen LogP contribution in [0.3, 0.4) is 0 Å². The van der Waals surface area contributed by atoms with Gasteiger partial charge in [0, 0.05) is 12.6 Å². The minimum Gasteiger partial charge on any atom is -0.383 e. The second-order valence-electron chi connectivity index (χ2n) is 5.61. The molecule has 1 N–H and O–H groups in total. The Morgan fingerprint density at radius 1 is 1.40 bits per heavy atom. The SMILES string of the molecule is Cc1nn(C)c(Cl)c1C(O)c1cccc(C2CCC2)c1. The van der Waals surface area contributed by atoms with Crippen LogP contribution in [0.25, 0.3) is 0 Å². The van der Waals surface area contributed by atoms with Crippen LogP contribution in [0.1, 0.15) is 53.7 Å². The summed E-state index contributed by atoms with van der Waals surface area (Å²) in [4.78, 5) is 0. The van der Waals surface area contributed by atoms with Gasteiger partial charge in [-0.25, -0.2) is 0 Å². The Morgan fingerprint density at radius 2 is 2.15 bits per heavy atom. The third kappa shape index (κ3) is 2.25. The summed E-state index contributed by atoms with van der Waals surface area (Å²) in [7, 11) is 1.79. The standard InChI is InChI=1S/C16H19ClN2O/c1-10-14(16(17)19(2)18-10)15(20)13-8-4-7-12(9-13)11-5-3-6-11/h4,7-9,11,15,20H,3,5-6H2,1-2H3. The van der Waals surface area contributed by atoms with E-state index in [1.807, 2.05) is 19.1 Å². The first kappa shape index (κ1) is 13.7. The summed E-state index contributed by atoms with van der Waals surface area (Å²) < 4.78 is 1.60. The first-order chi connectivity index (χ1) is 9.58. The van der Waals surface area contributed by atoms with Crippen LogP contribution in [0.15, 0.2) is 24.3 Å². The third-order valence-electron chi connectivity index (χ3n) is 4.27. The minimum atomic E-state index is -0.712. The van der Waals surface area contributed by atoms with Crippen molar-refractivity contribution in [2.24, 2.45) is 7.05 Å². The molecule has 0 radical (unpaired) electrons. The zero-order valence-electron chi connectivity index (χ0n) is 11.8. The van der Waals surface area contributed by atoms with Gasteiger partial charge in [0.05, 0.1) is 5.69 Å². The number of hydrogen-bond acceptors (Lipinski definition) is 2. The molecule has 3 rings (SSSR count). The molecule has 1 saturated carbocycles. The molecule has 0 aliphatic heterocycles. The molecule has 1 unspecified atom stereocenters. The molecule has 4 heteroatoms. The number of nitrogens with zero attached hydrogens (tertiary/aromatic N) is 2. The molecule has 1 fully saturated rings. The second-order valence-corrected chi connectivity index (χ2v) is 5.97. The summed E-state index contributed by atoms with van der Waals surface area (Å²) in [6.07, 6.45) is 3.11. The zero-order valence-corrected chi connectivity index (χ0v) is 12.6. The van der Waals surface area contributed by atoms with Crippen molar-refractivity contribution in [3.05, 3.63) is 51.8 Å². The summed E-state index contributed by atoms with van der Waals surface area (Å²) >= 11 is 6.24. The molecule has 1 aliphatic carbocycles. The summed E-state index contributed by atoms with van der Waals surface area (Å²) in [6, 6.07) is 8.23. The maximum absolute atomic E-state index is 10.6. The predicted molar refractivity (Wildman–Crippen MR) is 80.1 cm³/mol. The fraction of sp³-hybridized carbons (Fsp3) is 0.438. The van der Waals surface area contributed by atoms with Gasteiger partial charge in [0.1, 0.15) is 11.3 Å². The molecule has 1 aromatic heterocycles. The Labute approximate surface area is 124 Å². The van der Waals surface area contributed by atoms with Crippen molar-refractivity contribution in [3.63, 3.8) is 0 Å². The lowest BCUT2D eigenvalue weighted by molar-refractivity contribution is 0.219. The average molecular weight is 291 g/mol. The van der Waals surface area contributed by atoms with Crippen molar-refractivity contribution in [3.8, 4) is 0 Å². The van der Waals surface area contributed by atoms with E-state index < -0.39 is 6.10 Å². The van der Waals surface area contributed by atoms with Crippen LogP contribution in [0.5, 0.6) is 0 Å². The molecule has 0 saturated heterocycles. The number of aliphatic hydroxyl groups excluding tert-OH is 1. The Balaban J connectivity index is 1.95. The van der Waals surface area contributed by atoms with Gasteiger partial charge in [-0.15, -0.1) is 0 Å². The van der Waals surface area contributed by atoms with Crippen molar-refractivity contribution in [2.75, 3.05) is 0 Å². The molecule has 1 aromatic carbocycles. The largest absolute Gasteiger partial charge is 0.383 e. The van der Waals surface area contributed by atoms with Gasteiger partial charge >= 0.3 is 0 Å².